The van der Waals surface area contributed by atoms with Crippen LogP contribution in [0.25, 0.3) is 22.4 Å². The lowest BCUT2D eigenvalue weighted by Gasteiger charge is -2.11. The highest BCUT2D eigenvalue weighted by atomic mass is 16.5. The number of benzene rings is 3. The summed E-state index contributed by atoms with van der Waals surface area (Å²) in [6, 6.07) is 24.9. The van der Waals surface area contributed by atoms with Gasteiger partial charge in [0.15, 0.2) is 0 Å². The van der Waals surface area contributed by atoms with Gasteiger partial charge in [0.25, 0.3) is 0 Å². The van der Waals surface area contributed by atoms with Crippen LogP contribution in [0, 0.1) is 6.92 Å². The predicted octanol–water partition coefficient (Wildman–Crippen LogP) is 5.07. The highest BCUT2D eigenvalue weighted by Gasteiger charge is 2.15. The Kier molecular flexibility index (Phi) is 3.98. The summed E-state index contributed by atoms with van der Waals surface area (Å²) >= 11 is 0. The number of methoxy groups -OCH3 is 1. The minimum absolute atomic E-state index is 0.772. The second-order valence-corrected chi connectivity index (χ2v) is 6.18. The van der Waals surface area contributed by atoms with E-state index in [1.807, 2.05) is 18.2 Å². The first-order valence-electron chi connectivity index (χ1n) is 8.40. The number of nitrogens with zero attached hydrogens (tertiary/aromatic N) is 2. The van der Waals surface area contributed by atoms with Crippen LogP contribution >= 0.6 is 0 Å². The molecule has 0 fully saturated rings. The number of hydrogen-bond acceptors (Lipinski definition) is 2. The lowest BCUT2D eigenvalue weighted by molar-refractivity contribution is 0.415. The van der Waals surface area contributed by atoms with E-state index in [0.717, 1.165) is 34.7 Å². The fourth-order valence-corrected chi connectivity index (χ4v) is 3.18. The molecule has 4 aromatic rings. The molecule has 1 heterocycles. The Labute approximate surface area is 147 Å². The zero-order valence-electron chi connectivity index (χ0n) is 14.4. The van der Waals surface area contributed by atoms with Crippen LogP contribution in [-0.4, -0.2) is 16.7 Å². The minimum Gasteiger partial charge on any atom is -0.497 e. The van der Waals surface area contributed by atoms with E-state index in [-0.39, 0.29) is 0 Å². The average molecular weight is 328 g/mol. The van der Waals surface area contributed by atoms with Crippen molar-refractivity contribution in [2.75, 3.05) is 7.11 Å². The maximum Gasteiger partial charge on any atom is 0.141 e. The van der Waals surface area contributed by atoms with E-state index in [4.69, 9.17) is 9.72 Å². The molecule has 0 saturated carbocycles. The number of hydrogen-bond donors (Lipinski definition) is 0. The topological polar surface area (TPSA) is 27.1 Å². The summed E-state index contributed by atoms with van der Waals surface area (Å²) in [6.07, 6.45) is 0. The zero-order chi connectivity index (χ0) is 17.2. The van der Waals surface area contributed by atoms with Crippen LogP contribution in [-0.2, 0) is 6.54 Å². The van der Waals surface area contributed by atoms with Crippen molar-refractivity contribution >= 4 is 11.0 Å². The monoisotopic (exact) mass is 328 g/mol. The molecule has 0 N–H and O–H groups in total. The normalized spacial score (nSPS) is 11.0. The van der Waals surface area contributed by atoms with E-state index in [1.165, 1.54) is 11.1 Å². The molecule has 0 atom stereocenters. The van der Waals surface area contributed by atoms with Gasteiger partial charge in [0.1, 0.15) is 11.6 Å². The molecule has 0 amide bonds. The molecule has 0 aliphatic heterocycles. The second-order valence-electron chi connectivity index (χ2n) is 6.18. The number of aryl methyl sites for hydroxylation is 1. The second kappa shape index (κ2) is 6.44. The molecule has 4 rings (SSSR count). The molecule has 3 aromatic carbocycles. The molecular formula is C22H20N2O. The first-order valence-corrected chi connectivity index (χ1v) is 8.40. The first kappa shape index (κ1) is 15.5. The van der Waals surface area contributed by atoms with Crippen molar-refractivity contribution < 1.29 is 4.74 Å². The number of imidazole rings is 1. The highest BCUT2D eigenvalue weighted by Crippen LogP contribution is 2.30. The highest BCUT2D eigenvalue weighted by molar-refractivity contribution is 5.82. The van der Waals surface area contributed by atoms with Gasteiger partial charge in [-0.05, 0) is 30.2 Å². The molecule has 0 aliphatic carbocycles. The fourth-order valence-electron chi connectivity index (χ4n) is 3.18. The zero-order valence-corrected chi connectivity index (χ0v) is 14.4. The fraction of sp³-hybridized carbons (Fsp3) is 0.136. The molecule has 25 heavy (non-hydrogen) atoms. The molecule has 0 saturated heterocycles. The van der Waals surface area contributed by atoms with Gasteiger partial charge >= 0.3 is 0 Å². The summed E-state index contributed by atoms with van der Waals surface area (Å²) in [7, 11) is 1.70. The molecule has 0 aliphatic rings. The summed E-state index contributed by atoms with van der Waals surface area (Å²) in [6.45, 7) is 2.90. The van der Waals surface area contributed by atoms with Gasteiger partial charge in [0.05, 0.1) is 18.1 Å². The molecule has 3 nitrogen and oxygen atoms in total. The van der Waals surface area contributed by atoms with Gasteiger partial charge in [-0.1, -0.05) is 54.6 Å². The van der Waals surface area contributed by atoms with Crippen LogP contribution in [0.3, 0.4) is 0 Å². The molecule has 124 valence electrons. The quantitative estimate of drug-likeness (QED) is 0.523. The lowest BCUT2D eigenvalue weighted by atomic mass is 10.1. The van der Waals surface area contributed by atoms with Gasteiger partial charge in [-0.3, -0.25) is 0 Å². The Bertz CT molecular complexity index is 1020. The summed E-state index contributed by atoms with van der Waals surface area (Å²) < 4.78 is 7.70. The Morgan fingerprint density at radius 2 is 1.68 bits per heavy atom. The maximum atomic E-state index is 5.43. The van der Waals surface area contributed by atoms with E-state index in [0.29, 0.717) is 0 Å². The van der Waals surface area contributed by atoms with Crippen molar-refractivity contribution in [2.24, 2.45) is 0 Å². The van der Waals surface area contributed by atoms with E-state index >= 15 is 0 Å². The Morgan fingerprint density at radius 3 is 2.44 bits per heavy atom. The lowest BCUT2D eigenvalue weighted by Crippen LogP contribution is -2.03. The average Bonchev–Trinajstić information content (AvgIpc) is 3.00. The third kappa shape index (κ3) is 2.89. The third-order valence-electron chi connectivity index (χ3n) is 4.52. The van der Waals surface area contributed by atoms with Gasteiger partial charge in [-0.2, -0.15) is 0 Å². The maximum absolute atomic E-state index is 5.43. The Morgan fingerprint density at radius 1 is 0.920 bits per heavy atom. The van der Waals surface area contributed by atoms with Crippen LogP contribution in [0.1, 0.15) is 11.1 Å². The molecule has 0 radical (unpaired) electrons. The van der Waals surface area contributed by atoms with E-state index in [2.05, 4.69) is 66.1 Å². The third-order valence-corrected chi connectivity index (χ3v) is 4.52. The Balaban J connectivity index is 1.95. The van der Waals surface area contributed by atoms with Crippen LogP contribution in [0.2, 0.25) is 0 Å². The number of rotatable bonds is 4. The van der Waals surface area contributed by atoms with Gasteiger partial charge in [0.2, 0.25) is 0 Å². The Hall–Kier alpha value is -3.07. The SMILES string of the molecule is COc1ccc2nc(-c3ccccc3C)n(Cc3ccccc3)c2c1. The molecule has 3 heteroatoms. The summed E-state index contributed by atoms with van der Waals surface area (Å²) in [4.78, 5) is 4.92. The van der Waals surface area contributed by atoms with Gasteiger partial charge in [-0.15, -0.1) is 0 Å². The van der Waals surface area contributed by atoms with Crippen molar-refractivity contribution in [1.29, 1.82) is 0 Å². The first-order chi connectivity index (χ1) is 12.3. The standard InChI is InChI=1S/C22H20N2O/c1-16-8-6-7-11-19(16)22-23-20-13-12-18(25-2)14-21(20)24(22)15-17-9-4-3-5-10-17/h3-14H,15H2,1-2H3. The smallest absolute Gasteiger partial charge is 0.141 e. The van der Waals surface area contributed by atoms with Crippen LogP contribution in [0.4, 0.5) is 0 Å². The molecule has 1 aromatic heterocycles. The van der Waals surface area contributed by atoms with Crippen molar-refractivity contribution in [2.45, 2.75) is 13.5 Å². The number of aromatic nitrogens is 2. The van der Waals surface area contributed by atoms with Crippen molar-refractivity contribution in [3.63, 3.8) is 0 Å². The summed E-state index contributed by atoms with van der Waals surface area (Å²) in [5.74, 6) is 1.84. The van der Waals surface area contributed by atoms with Gasteiger partial charge < -0.3 is 9.30 Å². The van der Waals surface area contributed by atoms with Crippen molar-refractivity contribution in [3.8, 4) is 17.1 Å². The van der Waals surface area contributed by atoms with Crippen molar-refractivity contribution in [3.05, 3.63) is 83.9 Å². The van der Waals surface area contributed by atoms with Gasteiger partial charge in [-0.25, -0.2) is 4.98 Å². The molecule has 0 bridgehead atoms. The summed E-state index contributed by atoms with van der Waals surface area (Å²) in [5, 5.41) is 0. The number of ether oxygens (including phenoxy) is 1. The largest absolute Gasteiger partial charge is 0.497 e. The van der Waals surface area contributed by atoms with E-state index in [9.17, 15) is 0 Å². The van der Waals surface area contributed by atoms with Crippen LogP contribution in [0.5, 0.6) is 5.75 Å². The molecule has 0 unspecified atom stereocenters. The van der Waals surface area contributed by atoms with Crippen LogP contribution < -0.4 is 4.74 Å². The minimum atomic E-state index is 0.772. The van der Waals surface area contributed by atoms with Crippen molar-refractivity contribution in [1.82, 2.24) is 9.55 Å². The summed E-state index contributed by atoms with van der Waals surface area (Å²) in [5.41, 5.74) is 5.70. The molecular weight excluding hydrogens is 308 g/mol. The molecule has 0 spiro atoms. The van der Waals surface area contributed by atoms with Crippen LogP contribution in [0.15, 0.2) is 72.8 Å². The number of fused-ring (bicyclic) bond motifs is 1. The van der Waals surface area contributed by atoms with Gasteiger partial charge in [0, 0.05) is 18.2 Å². The van der Waals surface area contributed by atoms with E-state index < -0.39 is 0 Å². The van der Waals surface area contributed by atoms with E-state index in [1.54, 1.807) is 7.11 Å². The predicted molar refractivity (Wildman–Crippen MR) is 102 cm³/mol.